The quantitative estimate of drug-likeness (QED) is 0.178. The summed E-state index contributed by atoms with van der Waals surface area (Å²) < 4.78 is 0. The van der Waals surface area contributed by atoms with Gasteiger partial charge in [0.1, 0.15) is 0 Å². The Labute approximate surface area is 145 Å². The normalized spacial score (nSPS) is 10.2. The molecule has 0 saturated heterocycles. The average Bonchev–Trinajstić information content (AvgIpc) is 2.39. The standard InChI is InChI=1S/C18H36.Na/c1-3-5-7-9-11-13-15-17-18-16-14-12-10-8-6-4-2;/h3H,1,4-18H2,2H3;. The monoisotopic (exact) mass is 275 g/mol. The molecule has 0 unspecified atom stereocenters. The van der Waals surface area contributed by atoms with Crippen LogP contribution in [0.4, 0.5) is 0 Å². The van der Waals surface area contributed by atoms with Crippen LogP contribution in [-0.4, -0.2) is 29.6 Å². The van der Waals surface area contributed by atoms with E-state index in [0.717, 1.165) is 0 Å². The molecular formula is C18H36Na. The molecule has 0 aliphatic carbocycles. The van der Waals surface area contributed by atoms with Crippen molar-refractivity contribution in [3.05, 3.63) is 12.7 Å². The molecule has 0 heterocycles. The Morgan fingerprint density at radius 3 is 1.21 bits per heavy atom. The Kier molecular flexibility index (Phi) is 24.4. The summed E-state index contributed by atoms with van der Waals surface area (Å²) in [6.07, 6.45) is 23.5. The van der Waals surface area contributed by atoms with Crippen LogP contribution in [0.5, 0.6) is 0 Å². The molecule has 0 aromatic carbocycles. The van der Waals surface area contributed by atoms with Crippen LogP contribution in [0.1, 0.15) is 103 Å². The van der Waals surface area contributed by atoms with Crippen LogP contribution in [0.3, 0.4) is 0 Å². The van der Waals surface area contributed by atoms with Crippen molar-refractivity contribution in [2.75, 3.05) is 0 Å². The van der Waals surface area contributed by atoms with Crippen LogP contribution in [-0.2, 0) is 0 Å². The minimum Gasteiger partial charge on any atom is -0.103 e. The fourth-order valence-electron chi connectivity index (χ4n) is 2.48. The van der Waals surface area contributed by atoms with Gasteiger partial charge in [-0.1, -0.05) is 96.5 Å². The third-order valence-corrected chi connectivity index (χ3v) is 3.76. The van der Waals surface area contributed by atoms with Crippen LogP contribution < -0.4 is 0 Å². The van der Waals surface area contributed by atoms with Gasteiger partial charge in [0.05, 0.1) is 0 Å². The SMILES string of the molecule is C=CCCCCCCCCCCCCCCCC.[Na]. The molecule has 0 spiro atoms. The summed E-state index contributed by atoms with van der Waals surface area (Å²) in [4.78, 5) is 0. The molecule has 109 valence electrons. The predicted octanol–water partition coefficient (Wildman–Crippen LogP) is 6.66. The maximum atomic E-state index is 3.76. The average molecular weight is 275 g/mol. The second-order valence-electron chi connectivity index (χ2n) is 5.67. The van der Waals surface area contributed by atoms with Gasteiger partial charge in [-0.3, -0.25) is 0 Å². The Morgan fingerprint density at radius 2 is 0.895 bits per heavy atom. The largest absolute Gasteiger partial charge is 0.103 e. The third-order valence-electron chi connectivity index (χ3n) is 3.76. The molecule has 0 aromatic heterocycles. The smallest absolute Gasteiger partial charge is 0 e. The molecule has 19 heavy (non-hydrogen) atoms. The summed E-state index contributed by atoms with van der Waals surface area (Å²) in [5.74, 6) is 0. The maximum Gasteiger partial charge on any atom is 0 e. The predicted molar refractivity (Wildman–Crippen MR) is 90.9 cm³/mol. The molecule has 1 radical (unpaired) electrons. The van der Waals surface area contributed by atoms with Gasteiger partial charge in [-0.05, 0) is 12.8 Å². The van der Waals surface area contributed by atoms with Crippen LogP contribution in [0.15, 0.2) is 12.7 Å². The van der Waals surface area contributed by atoms with E-state index in [-0.39, 0.29) is 29.6 Å². The summed E-state index contributed by atoms with van der Waals surface area (Å²) in [6.45, 7) is 6.05. The van der Waals surface area contributed by atoms with E-state index in [2.05, 4.69) is 13.5 Å². The Balaban J connectivity index is 0. The summed E-state index contributed by atoms with van der Waals surface area (Å²) in [5.41, 5.74) is 0. The minimum absolute atomic E-state index is 0. The van der Waals surface area contributed by atoms with Gasteiger partial charge >= 0.3 is 0 Å². The van der Waals surface area contributed by atoms with Crippen molar-refractivity contribution in [1.82, 2.24) is 0 Å². The van der Waals surface area contributed by atoms with E-state index in [1.54, 1.807) is 0 Å². The van der Waals surface area contributed by atoms with E-state index >= 15 is 0 Å². The van der Waals surface area contributed by atoms with Gasteiger partial charge in [-0.2, -0.15) is 0 Å². The van der Waals surface area contributed by atoms with Crippen molar-refractivity contribution in [2.24, 2.45) is 0 Å². The molecule has 0 nitrogen and oxygen atoms in total. The minimum atomic E-state index is 0. The van der Waals surface area contributed by atoms with Crippen molar-refractivity contribution in [3.63, 3.8) is 0 Å². The molecule has 0 amide bonds. The van der Waals surface area contributed by atoms with Crippen LogP contribution in [0.25, 0.3) is 0 Å². The summed E-state index contributed by atoms with van der Waals surface area (Å²) in [7, 11) is 0. The second-order valence-corrected chi connectivity index (χ2v) is 5.67. The molecule has 0 aliphatic heterocycles. The zero-order chi connectivity index (χ0) is 13.3. The second kappa shape index (κ2) is 21.0. The van der Waals surface area contributed by atoms with E-state index in [0.29, 0.717) is 0 Å². The van der Waals surface area contributed by atoms with Gasteiger partial charge in [-0.25, -0.2) is 0 Å². The number of hydrogen-bond donors (Lipinski definition) is 0. The van der Waals surface area contributed by atoms with Crippen molar-refractivity contribution >= 4 is 29.6 Å². The third kappa shape index (κ3) is 21.2. The topological polar surface area (TPSA) is 0 Å². The molecule has 0 saturated carbocycles. The van der Waals surface area contributed by atoms with Crippen molar-refractivity contribution < 1.29 is 0 Å². The summed E-state index contributed by atoms with van der Waals surface area (Å²) in [6, 6.07) is 0. The van der Waals surface area contributed by atoms with Crippen LogP contribution in [0, 0.1) is 0 Å². The zero-order valence-electron chi connectivity index (χ0n) is 13.9. The number of hydrogen-bond acceptors (Lipinski definition) is 0. The molecule has 0 N–H and O–H groups in total. The molecule has 0 rings (SSSR count). The molecular weight excluding hydrogens is 239 g/mol. The fourth-order valence-corrected chi connectivity index (χ4v) is 2.48. The van der Waals surface area contributed by atoms with Crippen molar-refractivity contribution in [1.29, 1.82) is 0 Å². The van der Waals surface area contributed by atoms with Gasteiger partial charge in [-0.15, -0.1) is 6.58 Å². The summed E-state index contributed by atoms with van der Waals surface area (Å²) in [5, 5.41) is 0. The number of allylic oxidation sites excluding steroid dienone is 1. The Bertz CT molecular complexity index is 154. The van der Waals surface area contributed by atoms with E-state index < -0.39 is 0 Å². The van der Waals surface area contributed by atoms with E-state index in [1.165, 1.54) is 96.3 Å². The van der Waals surface area contributed by atoms with Gasteiger partial charge in [0, 0.05) is 29.6 Å². The van der Waals surface area contributed by atoms with E-state index in [1.807, 2.05) is 6.08 Å². The first-order valence-corrected chi connectivity index (χ1v) is 8.52. The first kappa shape index (κ1) is 22.0. The van der Waals surface area contributed by atoms with Gasteiger partial charge in [0.15, 0.2) is 0 Å². The number of rotatable bonds is 15. The fraction of sp³-hybridized carbons (Fsp3) is 0.889. The van der Waals surface area contributed by atoms with Gasteiger partial charge < -0.3 is 0 Å². The van der Waals surface area contributed by atoms with Gasteiger partial charge in [0.2, 0.25) is 0 Å². The van der Waals surface area contributed by atoms with E-state index in [4.69, 9.17) is 0 Å². The van der Waals surface area contributed by atoms with Gasteiger partial charge in [0.25, 0.3) is 0 Å². The number of unbranched alkanes of at least 4 members (excludes halogenated alkanes) is 14. The van der Waals surface area contributed by atoms with Crippen molar-refractivity contribution in [2.45, 2.75) is 103 Å². The molecule has 0 fully saturated rings. The Morgan fingerprint density at radius 1 is 0.579 bits per heavy atom. The summed E-state index contributed by atoms with van der Waals surface area (Å²) >= 11 is 0. The van der Waals surface area contributed by atoms with E-state index in [9.17, 15) is 0 Å². The zero-order valence-corrected chi connectivity index (χ0v) is 15.9. The molecule has 0 atom stereocenters. The Hall–Kier alpha value is 0.740. The molecule has 0 bridgehead atoms. The van der Waals surface area contributed by atoms with Crippen LogP contribution >= 0.6 is 0 Å². The molecule has 0 aliphatic rings. The van der Waals surface area contributed by atoms with Crippen LogP contribution in [0.2, 0.25) is 0 Å². The maximum absolute atomic E-state index is 3.76. The first-order valence-electron chi connectivity index (χ1n) is 8.52. The van der Waals surface area contributed by atoms with Crippen molar-refractivity contribution in [3.8, 4) is 0 Å². The first-order chi connectivity index (χ1) is 8.91. The molecule has 1 heteroatoms. The molecule has 0 aromatic rings.